The van der Waals surface area contributed by atoms with Crippen LogP contribution in [0.15, 0.2) is 17.0 Å². The summed E-state index contributed by atoms with van der Waals surface area (Å²) in [7, 11) is 2.33. The van der Waals surface area contributed by atoms with E-state index >= 15 is 0 Å². The highest BCUT2D eigenvalue weighted by atomic mass is 32.2. The number of hydrogen-bond donors (Lipinski definition) is 0. The molecule has 1 aromatic rings. The number of hydrogen-bond acceptors (Lipinski definition) is 3. The molecule has 1 atom stereocenters. The van der Waals surface area contributed by atoms with E-state index in [4.69, 9.17) is 9.47 Å². The Labute approximate surface area is 98.2 Å². The Hall–Kier alpha value is -1.03. The first-order chi connectivity index (χ1) is 7.76. The van der Waals surface area contributed by atoms with Crippen LogP contribution in [-0.4, -0.2) is 24.2 Å². The van der Waals surface area contributed by atoms with Crippen LogP contribution in [0.5, 0.6) is 11.5 Å². The first-order valence-corrected chi connectivity index (χ1v) is 6.71. The van der Waals surface area contributed by atoms with Crippen molar-refractivity contribution >= 4 is 10.8 Å². The number of fused-ring (bicyclic) bond motifs is 1. The SMILES string of the molecule is COc1cc2c(cc1OC)S(=O)CCCC2. The van der Waals surface area contributed by atoms with Crippen molar-refractivity contribution in [2.45, 2.75) is 24.2 Å². The molecular formula is C12H16O3S. The molecule has 1 aromatic carbocycles. The Balaban J connectivity index is 2.51. The minimum absolute atomic E-state index is 0.663. The highest BCUT2D eigenvalue weighted by Crippen LogP contribution is 2.34. The zero-order valence-electron chi connectivity index (χ0n) is 9.62. The molecule has 0 bridgehead atoms. The second kappa shape index (κ2) is 4.87. The summed E-state index contributed by atoms with van der Waals surface area (Å²) in [5, 5.41) is 0. The molecule has 0 aliphatic carbocycles. The van der Waals surface area contributed by atoms with E-state index in [2.05, 4.69) is 0 Å². The van der Waals surface area contributed by atoms with Crippen LogP contribution in [0.25, 0.3) is 0 Å². The van der Waals surface area contributed by atoms with Gasteiger partial charge >= 0.3 is 0 Å². The first kappa shape index (κ1) is 11.5. The molecule has 0 amide bonds. The third-order valence-electron chi connectivity index (χ3n) is 2.84. The van der Waals surface area contributed by atoms with Gasteiger partial charge in [0.2, 0.25) is 0 Å². The molecule has 16 heavy (non-hydrogen) atoms. The van der Waals surface area contributed by atoms with Gasteiger partial charge in [-0.1, -0.05) is 0 Å². The lowest BCUT2D eigenvalue weighted by atomic mass is 10.1. The van der Waals surface area contributed by atoms with E-state index in [1.807, 2.05) is 12.1 Å². The molecule has 4 heteroatoms. The van der Waals surface area contributed by atoms with Gasteiger partial charge in [-0.25, -0.2) is 0 Å². The fourth-order valence-electron chi connectivity index (χ4n) is 1.97. The van der Waals surface area contributed by atoms with Crippen LogP contribution >= 0.6 is 0 Å². The van der Waals surface area contributed by atoms with E-state index in [9.17, 15) is 4.21 Å². The minimum atomic E-state index is -0.890. The van der Waals surface area contributed by atoms with Crippen molar-refractivity contribution in [3.63, 3.8) is 0 Å². The van der Waals surface area contributed by atoms with Crippen LogP contribution in [0.3, 0.4) is 0 Å². The van der Waals surface area contributed by atoms with Gasteiger partial charge in [-0.2, -0.15) is 0 Å². The molecule has 0 spiro atoms. The number of methoxy groups -OCH3 is 2. The van der Waals surface area contributed by atoms with Crippen molar-refractivity contribution in [3.8, 4) is 11.5 Å². The van der Waals surface area contributed by atoms with Gasteiger partial charge in [-0.3, -0.25) is 4.21 Å². The fourth-order valence-corrected chi connectivity index (χ4v) is 3.35. The molecule has 0 saturated carbocycles. The molecule has 0 N–H and O–H groups in total. The van der Waals surface area contributed by atoms with Crippen LogP contribution in [0.1, 0.15) is 18.4 Å². The molecule has 3 nitrogen and oxygen atoms in total. The Bertz CT molecular complexity index is 415. The molecular weight excluding hydrogens is 224 g/mol. The monoisotopic (exact) mass is 240 g/mol. The van der Waals surface area contributed by atoms with E-state index in [-0.39, 0.29) is 0 Å². The van der Waals surface area contributed by atoms with Gasteiger partial charge in [0.15, 0.2) is 11.5 Å². The molecule has 1 unspecified atom stereocenters. The van der Waals surface area contributed by atoms with E-state index in [0.717, 1.165) is 41.2 Å². The van der Waals surface area contributed by atoms with Gasteiger partial charge in [-0.05, 0) is 30.9 Å². The zero-order valence-corrected chi connectivity index (χ0v) is 10.4. The second-order valence-corrected chi connectivity index (χ2v) is 5.36. The molecule has 1 heterocycles. The van der Waals surface area contributed by atoms with Crippen LogP contribution in [0.2, 0.25) is 0 Å². The Morgan fingerprint density at radius 3 is 2.50 bits per heavy atom. The van der Waals surface area contributed by atoms with E-state index in [1.165, 1.54) is 0 Å². The standard InChI is InChI=1S/C12H16O3S/c1-14-10-7-9-5-3-4-6-16(13)12(9)8-11(10)15-2/h7-8H,3-6H2,1-2H3. The van der Waals surface area contributed by atoms with Gasteiger partial charge in [0, 0.05) is 16.7 Å². The maximum Gasteiger partial charge on any atom is 0.161 e. The fraction of sp³-hybridized carbons (Fsp3) is 0.500. The van der Waals surface area contributed by atoms with E-state index in [1.54, 1.807) is 14.2 Å². The van der Waals surface area contributed by atoms with Crippen LogP contribution in [-0.2, 0) is 17.2 Å². The molecule has 0 fully saturated rings. The smallest absolute Gasteiger partial charge is 0.161 e. The summed E-state index contributed by atoms with van der Waals surface area (Å²) in [5.74, 6) is 2.14. The molecule has 0 radical (unpaired) electrons. The van der Waals surface area contributed by atoms with Gasteiger partial charge < -0.3 is 9.47 Å². The van der Waals surface area contributed by atoms with Crippen molar-refractivity contribution in [2.24, 2.45) is 0 Å². The maximum absolute atomic E-state index is 12.0. The topological polar surface area (TPSA) is 35.5 Å². The van der Waals surface area contributed by atoms with Crippen molar-refractivity contribution in [2.75, 3.05) is 20.0 Å². The van der Waals surface area contributed by atoms with E-state index < -0.39 is 10.8 Å². The third-order valence-corrected chi connectivity index (χ3v) is 4.37. The average Bonchev–Trinajstić information content (AvgIpc) is 2.49. The molecule has 2 rings (SSSR count). The summed E-state index contributed by atoms with van der Waals surface area (Å²) in [5.41, 5.74) is 1.13. The lowest BCUT2D eigenvalue weighted by molar-refractivity contribution is 0.353. The van der Waals surface area contributed by atoms with Crippen molar-refractivity contribution < 1.29 is 13.7 Å². The normalized spacial score (nSPS) is 19.8. The predicted molar refractivity (Wildman–Crippen MR) is 63.8 cm³/mol. The summed E-state index contributed by atoms with van der Waals surface area (Å²) < 4.78 is 22.5. The molecule has 88 valence electrons. The summed E-state index contributed by atoms with van der Waals surface area (Å²) in [6.45, 7) is 0. The molecule has 1 aliphatic rings. The second-order valence-electron chi connectivity index (χ2n) is 3.82. The van der Waals surface area contributed by atoms with Crippen LogP contribution < -0.4 is 9.47 Å². The summed E-state index contributed by atoms with van der Waals surface area (Å²) >= 11 is 0. The molecule has 1 aliphatic heterocycles. The van der Waals surface area contributed by atoms with Gasteiger partial charge in [0.05, 0.1) is 25.0 Å². The predicted octanol–water partition coefficient (Wildman–Crippen LogP) is 2.15. The largest absolute Gasteiger partial charge is 0.493 e. The first-order valence-electron chi connectivity index (χ1n) is 5.39. The summed E-state index contributed by atoms with van der Waals surface area (Å²) in [6, 6.07) is 3.81. The number of aryl methyl sites for hydroxylation is 1. The number of ether oxygens (including phenoxy) is 2. The van der Waals surface area contributed by atoms with Crippen molar-refractivity contribution in [3.05, 3.63) is 17.7 Å². The van der Waals surface area contributed by atoms with Gasteiger partial charge in [0.1, 0.15) is 0 Å². The van der Waals surface area contributed by atoms with Crippen molar-refractivity contribution in [1.29, 1.82) is 0 Å². The van der Waals surface area contributed by atoms with E-state index in [0.29, 0.717) is 5.75 Å². The lowest BCUT2D eigenvalue weighted by Crippen LogP contribution is -2.00. The van der Waals surface area contributed by atoms with Crippen LogP contribution in [0.4, 0.5) is 0 Å². The Morgan fingerprint density at radius 2 is 1.81 bits per heavy atom. The summed E-state index contributed by atoms with van der Waals surface area (Å²) in [6.07, 6.45) is 3.08. The highest BCUT2D eigenvalue weighted by Gasteiger charge is 2.18. The maximum atomic E-state index is 12.0. The van der Waals surface area contributed by atoms with Gasteiger partial charge in [0.25, 0.3) is 0 Å². The minimum Gasteiger partial charge on any atom is -0.493 e. The highest BCUT2D eigenvalue weighted by molar-refractivity contribution is 7.85. The number of rotatable bonds is 2. The lowest BCUT2D eigenvalue weighted by Gasteiger charge is -2.12. The Morgan fingerprint density at radius 1 is 1.12 bits per heavy atom. The third kappa shape index (κ3) is 2.07. The Kier molecular flexibility index (Phi) is 3.49. The molecule has 0 aromatic heterocycles. The average molecular weight is 240 g/mol. The quantitative estimate of drug-likeness (QED) is 0.794. The van der Waals surface area contributed by atoms with Crippen molar-refractivity contribution in [1.82, 2.24) is 0 Å². The zero-order chi connectivity index (χ0) is 11.5. The van der Waals surface area contributed by atoms with Gasteiger partial charge in [-0.15, -0.1) is 0 Å². The molecule has 0 saturated heterocycles. The van der Waals surface area contributed by atoms with Crippen LogP contribution in [0, 0.1) is 0 Å². The number of benzene rings is 1. The summed E-state index contributed by atoms with van der Waals surface area (Å²) in [4.78, 5) is 0.912.